The van der Waals surface area contributed by atoms with Gasteiger partial charge in [-0.1, -0.05) is 37.2 Å². The van der Waals surface area contributed by atoms with Crippen molar-refractivity contribution in [3.8, 4) is 11.8 Å². The summed E-state index contributed by atoms with van der Waals surface area (Å²) in [6.07, 6.45) is 4.18. The number of nitriles is 1. The van der Waals surface area contributed by atoms with Gasteiger partial charge in [0.15, 0.2) is 0 Å². The molecule has 0 fully saturated rings. The number of anilines is 1. The molecule has 8 nitrogen and oxygen atoms in total. The Labute approximate surface area is 202 Å². The fourth-order valence-electron chi connectivity index (χ4n) is 3.72. The van der Waals surface area contributed by atoms with Crippen molar-refractivity contribution < 1.29 is 15.3 Å². The van der Waals surface area contributed by atoms with E-state index < -0.39 is 5.60 Å². The Morgan fingerprint density at radius 3 is 2.74 bits per heavy atom. The molecule has 2 aromatic carbocycles. The fraction of sp³-hybridized carbons (Fsp3) is 0.320. The predicted molar refractivity (Wildman–Crippen MR) is 136 cm³/mol. The summed E-state index contributed by atoms with van der Waals surface area (Å²) in [4.78, 5) is 2.10. The van der Waals surface area contributed by atoms with E-state index in [1.807, 2.05) is 12.1 Å². The number of hydrogen-bond acceptors (Lipinski definition) is 8. The van der Waals surface area contributed by atoms with E-state index in [0.29, 0.717) is 41.2 Å². The first kappa shape index (κ1) is 27.0. The van der Waals surface area contributed by atoms with Crippen molar-refractivity contribution in [1.29, 1.82) is 5.26 Å². The highest BCUT2D eigenvalue weighted by molar-refractivity contribution is 6.37. The van der Waals surface area contributed by atoms with Crippen molar-refractivity contribution in [1.82, 2.24) is 4.90 Å². The molecule has 1 aliphatic rings. The number of hydrogen-bond donors (Lipinski definition) is 5. The molecule has 0 spiro atoms. The highest BCUT2D eigenvalue weighted by Gasteiger charge is 2.28. The van der Waals surface area contributed by atoms with Gasteiger partial charge in [0.2, 0.25) is 0 Å². The number of nitrogens with two attached hydrogens (primary N) is 2. The number of aliphatic hydroxyl groups excluding tert-OH is 1. The van der Waals surface area contributed by atoms with Gasteiger partial charge in [-0.15, -0.1) is 0 Å². The Morgan fingerprint density at radius 2 is 2.09 bits per heavy atom. The number of aliphatic hydroxyl groups is 2. The van der Waals surface area contributed by atoms with Crippen LogP contribution in [0.2, 0.25) is 0 Å². The van der Waals surface area contributed by atoms with Crippen LogP contribution in [0.15, 0.2) is 54.2 Å². The molecule has 0 unspecified atom stereocenters. The first-order chi connectivity index (χ1) is 15.7. The zero-order valence-electron chi connectivity index (χ0n) is 18.6. The van der Waals surface area contributed by atoms with E-state index in [1.165, 1.54) is 11.2 Å². The molecule has 0 saturated heterocycles. The van der Waals surface area contributed by atoms with Gasteiger partial charge in [0, 0.05) is 42.5 Å². The molecule has 0 bridgehead atoms. The molecule has 9 heteroatoms. The normalized spacial score (nSPS) is 16.1. The standard InChI is InChI=1S/C24H28BN5O3.CH4/c1-24(33,15-31)19-5-3-9-29(13-19)12-18-8-7-16(10-22(18)32)20(27)14-30(28)21-6-2-4-17(11-26)23(21)25;/h2,4-8,10,14,31-33H,3,9,12-13,15,27-28H2,1H3;1H4/b20-14-;/t24-;/m1./s1. The number of phenols is 1. The lowest BCUT2D eigenvalue weighted by Crippen LogP contribution is -2.40. The lowest BCUT2D eigenvalue weighted by molar-refractivity contribution is 0.0247. The minimum Gasteiger partial charge on any atom is -0.508 e. The summed E-state index contributed by atoms with van der Waals surface area (Å²) in [5.41, 5.74) is 8.30. The van der Waals surface area contributed by atoms with E-state index in [-0.39, 0.29) is 25.2 Å². The molecule has 1 aliphatic heterocycles. The quantitative estimate of drug-likeness (QED) is 0.179. The highest BCUT2D eigenvalue weighted by Crippen LogP contribution is 2.27. The molecule has 0 amide bonds. The van der Waals surface area contributed by atoms with Crippen LogP contribution >= 0.6 is 0 Å². The number of phenolic OH excluding ortho intramolecular Hbond substituents is 1. The molecular formula is C25H32BN5O3. The number of nitrogens with zero attached hydrogens (tertiary/aromatic N) is 3. The second-order valence-corrected chi connectivity index (χ2v) is 8.35. The van der Waals surface area contributed by atoms with Crippen molar-refractivity contribution in [2.75, 3.05) is 24.7 Å². The Kier molecular flexibility index (Phi) is 8.90. The Balaban J connectivity index is 0.00000408. The zero-order chi connectivity index (χ0) is 24.2. The van der Waals surface area contributed by atoms with E-state index in [4.69, 9.17) is 24.7 Å². The average Bonchev–Trinajstić information content (AvgIpc) is 2.80. The molecule has 1 atom stereocenters. The largest absolute Gasteiger partial charge is 0.508 e. The Bertz CT molecular complexity index is 1120. The van der Waals surface area contributed by atoms with Crippen molar-refractivity contribution >= 4 is 24.7 Å². The second kappa shape index (κ2) is 11.2. The third kappa shape index (κ3) is 5.98. The molecule has 0 aromatic heterocycles. The molecule has 178 valence electrons. The third-order valence-electron chi connectivity index (χ3n) is 5.80. The maximum atomic E-state index is 10.6. The number of aromatic hydroxyl groups is 1. The summed E-state index contributed by atoms with van der Waals surface area (Å²) in [5.74, 6) is 6.17. The van der Waals surface area contributed by atoms with Crippen LogP contribution in [-0.4, -0.2) is 53.4 Å². The van der Waals surface area contributed by atoms with Crippen LogP contribution < -0.4 is 22.0 Å². The predicted octanol–water partition coefficient (Wildman–Crippen LogP) is 1.21. The fourth-order valence-corrected chi connectivity index (χ4v) is 3.72. The summed E-state index contributed by atoms with van der Waals surface area (Å²) in [6.45, 7) is 3.01. The van der Waals surface area contributed by atoms with Crippen LogP contribution in [-0.2, 0) is 6.54 Å². The maximum absolute atomic E-state index is 10.6. The minimum atomic E-state index is -1.26. The molecular weight excluding hydrogens is 429 g/mol. The smallest absolute Gasteiger partial charge is 0.120 e. The Hall–Kier alpha value is -3.29. The van der Waals surface area contributed by atoms with Crippen molar-refractivity contribution in [3.63, 3.8) is 0 Å². The lowest BCUT2D eigenvalue weighted by atomic mass is 9.89. The molecule has 1 heterocycles. The molecule has 0 saturated carbocycles. The van der Waals surface area contributed by atoms with Gasteiger partial charge >= 0.3 is 0 Å². The number of hydrazine groups is 1. The molecule has 7 N–H and O–H groups in total. The topological polar surface area (TPSA) is 143 Å². The van der Waals surface area contributed by atoms with Crippen LogP contribution in [0.5, 0.6) is 5.75 Å². The van der Waals surface area contributed by atoms with Crippen LogP contribution in [0.3, 0.4) is 0 Å². The van der Waals surface area contributed by atoms with Gasteiger partial charge in [0.05, 0.1) is 24.1 Å². The lowest BCUT2D eigenvalue weighted by Gasteiger charge is -2.33. The molecule has 2 aromatic rings. The van der Waals surface area contributed by atoms with Gasteiger partial charge in [-0.3, -0.25) is 9.91 Å². The second-order valence-electron chi connectivity index (χ2n) is 8.35. The van der Waals surface area contributed by atoms with Gasteiger partial charge in [-0.05, 0) is 37.1 Å². The van der Waals surface area contributed by atoms with Crippen molar-refractivity contribution in [3.05, 3.63) is 70.9 Å². The van der Waals surface area contributed by atoms with Gasteiger partial charge in [-0.2, -0.15) is 5.26 Å². The van der Waals surface area contributed by atoms with Gasteiger partial charge in [0.1, 0.15) is 19.2 Å². The molecule has 34 heavy (non-hydrogen) atoms. The van der Waals surface area contributed by atoms with Crippen LogP contribution in [0, 0.1) is 11.3 Å². The van der Waals surface area contributed by atoms with E-state index in [0.717, 1.165) is 18.5 Å². The van der Waals surface area contributed by atoms with Crippen molar-refractivity contribution in [2.24, 2.45) is 11.6 Å². The highest BCUT2D eigenvalue weighted by atomic mass is 16.3. The molecule has 3 rings (SSSR count). The van der Waals surface area contributed by atoms with E-state index in [1.54, 1.807) is 43.3 Å². The molecule has 2 radical (unpaired) electrons. The van der Waals surface area contributed by atoms with E-state index in [9.17, 15) is 15.3 Å². The van der Waals surface area contributed by atoms with Gasteiger partial charge in [0.25, 0.3) is 0 Å². The summed E-state index contributed by atoms with van der Waals surface area (Å²) >= 11 is 0. The monoisotopic (exact) mass is 461 g/mol. The third-order valence-corrected chi connectivity index (χ3v) is 5.80. The first-order valence-electron chi connectivity index (χ1n) is 10.5. The van der Waals surface area contributed by atoms with Crippen molar-refractivity contribution in [2.45, 2.75) is 32.9 Å². The molecule has 0 aliphatic carbocycles. The van der Waals surface area contributed by atoms with E-state index >= 15 is 0 Å². The first-order valence-corrected chi connectivity index (χ1v) is 10.5. The number of rotatable bonds is 7. The maximum Gasteiger partial charge on any atom is 0.120 e. The van der Waals surface area contributed by atoms with Crippen LogP contribution in [0.25, 0.3) is 5.70 Å². The Morgan fingerprint density at radius 1 is 1.35 bits per heavy atom. The summed E-state index contributed by atoms with van der Waals surface area (Å²) in [6, 6.07) is 12.1. The van der Waals surface area contributed by atoms with Crippen LogP contribution in [0.1, 0.15) is 37.5 Å². The zero-order valence-corrected chi connectivity index (χ0v) is 18.6. The SMILES string of the molecule is C.[B]c1c(C#N)cccc1N(N)/C=C(\N)c1ccc(CN2CCC=C([C@](C)(O)CO)C2)c(O)c1. The van der Waals surface area contributed by atoms with Gasteiger partial charge in [-0.25, -0.2) is 5.84 Å². The summed E-state index contributed by atoms with van der Waals surface area (Å²) in [5, 5.41) is 40.7. The minimum absolute atomic E-state index is 0. The number of benzene rings is 2. The summed E-state index contributed by atoms with van der Waals surface area (Å²) < 4.78 is 0. The van der Waals surface area contributed by atoms with E-state index in [2.05, 4.69) is 4.90 Å². The van der Waals surface area contributed by atoms with Gasteiger partial charge < -0.3 is 21.1 Å². The average molecular weight is 461 g/mol. The van der Waals surface area contributed by atoms with Crippen LogP contribution in [0.4, 0.5) is 5.69 Å². The summed E-state index contributed by atoms with van der Waals surface area (Å²) in [7, 11) is 6.00.